The Morgan fingerprint density at radius 1 is 1.17 bits per heavy atom. The first-order valence-corrected chi connectivity index (χ1v) is 5.77. The van der Waals surface area contributed by atoms with Crippen LogP contribution in [0.15, 0.2) is 12.1 Å². The summed E-state index contributed by atoms with van der Waals surface area (Å²) in [5, 5.41) is 9.90. The summed E-state index contributed by atoms with van der Waals surface area (Å²) in [5.41, 5.74) is 6.09. The number of aliphatic hydroxyl groups excluding tert-OH is 1. The van der Waals surface area contributed by atoms with Crippen molar-refractivity contribution in [1.29, 1.82) is 0 Å². The molecular weight excluding hydrogens is 237 g/mol. The molecule has 0 aliphatic carbocycles. The number of aliphatic hydroxyl groups is 1. The molecule has 1 rings (SSSR count). The fourth-order valence-corrected chi connectivity index (χ4v) is 1.72. The summed E-state index contributed by atoms with van der Waals surface area (Å²) in [6.45, 7) is 3.65. The Kier molecular flexibility index (Phi) is 4.93. The van der Waals surface area contributed by atoms with E-state index in [1.54, 1.807) is 0 Å². The molecule has 0 fully saturated rings. The van der Waals surface area contributed by atoms with E-state index in [9.17, 15) is 9.50 Å². The van der Waals surface area contributed by atoms with Crippen LogP contribution in [-0.4, -0.2) is 25.4 Å². The Hall–Kier alpha value is -1.33. The van der Waals surface area contributed by atoms with Crippen LogP contribution in [-0.2, 0) is 0 Å². The largest absolute Gasteiger partial charge is 0.493 e. The maximum atomic E-state index is 13.9. The molecular formula is C13H20FNO3. The number of hydrogen-bond acceptors (Lipinski definition) is 4. The molecule has 4 nitrogen and oxygen atoms in total. The van der Waals surface area contributed by atoms with E-state index in [0.717, 1.165) is 0 Å². The summed E-state index contributed by atoms with van der Waals surface area (Å²) in [4.78, 5) is 0. The van der Waals surface area contributed by atoms with Crippen LogP contribution in [0.1, 0.15) is 25.5 Å². The molecule has 0 aliphatic rings. The van der Waals surface area contributed by atoms with E-state index in [2.05, 4.69) is 0 Å². The number of nitrogens with two attached hydrogens (primary N) is 1. The van der Waals surface area contributed by atoms with Gasteiger partial charge in [-0.25, -0.2) is 4.39 Å². The Labute approximate surface area is 107 Å². The molecule has 0 bridgehead atoms. The third-order valence-electron chi connectivity index (χ3n) is 2.91. The number of halogens is 1. The average molecular weight is 257 g/mol. The Bertz CT molecular complexity index is 409. The maximum Gasteiger partial charge on any atom is 0.163 e. The van der Waals surface area contributed by atoms with Crippen LogP contribution < -0.4 is 15.2 Å². The first-order valence-electron chi connectivity index (χ1n) is 5.77. The van der Waals surface area contributed by atoms with Crippen molar-refractivity contribution < 1.29 is 19.0 Å². The Morgan fingerprint density at radius 2 is 1.67 bits per heavy atom. The molecule has 1 aromatic rings. The van der Waals surface area contributed by atoms with Gasteiger partial charge in [0.15, 0.2) is 11.5 Å². The van der Waals surface area contributed by atoms with Gasteiger partial charge < -0.3 is 20.3 Å². The van der Waals surface area contributed by atoms with Gasteiger partial charge in [0.25, 0.3) is 0 Å². The molecule has 0 aliphatic heterocycles. The van der Waals surface area contributed by atoms with Gasteiger partial charge in [-0.05, 0) is 12.0 Å². The number of methoxy groups -OCH3 is 2. The predicted molar refractivity (Wildman–Crippen MR) is 67.3 cm³/mol. The van der Waals surface area contributed by atoms with E-state index < -0.39 is 18.0 Å². The lowest BCUT2D eigenvalue weighted by molar-refractivity contribution is 0.0965. The molecule has 0 unspecified atom stereocenters. The summed E-state index contributed by atoms with van der Waals surface area (Å²) in [5.74, 6) is 0.109. The lowest BCUT2D eigenvalue weighted by Crippen LogP contribution is -2.31. The standard InChI is InChI=1S/C13H20FNO3/c1-7(2)13(16)12(15)8-5-10(17-3)11(18-4)6-9(8)14/h5-7,12-13,16H,15H2,1-4H3/t12-,13+/m1/s1. The van der Waals surface area contributed by atoms with E-state index in [4.69, 9.17) is 15.2 Å². The van der Waals surface area contributed by atoms with E-state index in [1.165, 1.54) is 26.4 Å². The van der Waals surface area contributed by atoms with Gasteiger partial charge in [0.1, 0.15) is 5.82 Å². The van der Waals surface area contributed by atoms with E-state index in [-0.39, 0.29) is 11.5 Å². The van der Waals surface area contributed by atoms with Crippen LogP contribution in [0.3, 0.4) is 0 Å². The maximum absolute atomic E-state index is 13.9. The molecule has 0 aromatic heterocycles. The molecule has 18 heavy (non-hydrogen) atoms. The molecule has 102 valence electrons. The SMILES string of the molecule is COc1cc(F)c([C@@H](N)[C@@H](O)C(C)C)cc1OC. The number of benzene rings is 1. The van der Waals surface area contributed by atoms with Gasteiger partial charge in [-0.3, -0.25) is 0 Å². The molecule has 3 N–H and O–H groups in total. The first-order chi connectivity index (χ1) is 8.42. The molecule has 0 amide bonds. The zero-order chi connectivity index (χ0) is 13.9. The quantitative estimate of drug-likeness (QED) is 0.845. The highest BCUT2D eigenvalue weighted by Crippen LogP contribution is 2.33. The normalized spacial score (nSPS) is 14.4. The van der Waals surface area contributed by atoms with Crippen molar-refractivity contribution in [3.8, 4) is 11.5 Å². The van der Waals surface area contributed by atoms with Gasteiger partial charge in [0.05, 0.1) is 26.4 Å². The van der Waals surface area contributed by atoms with Crippen molar-refractivity contribution in [3.05, 3.63) is 23.5 Å². The summed E-state index contributed by atoms with van der Waals surface area (Å²) >= 11 is 0. The second-order valence-corrected chi connectivity index (χ2v) is 4.49. The second-order valence-electron chi connectivity index (χ2n) is 4.49. The fraction of sp³-hybridized carbons (Fsp3) is 0.538. The van der Waals surface area contributed by atoms with Gasteiger partial charge in [0.2, 0.25) is 0 Å². The molecule has 1 aromatic carbocycles. The van der Waals surface area contributed by atoms with Crippen LogP contribution in [0.25, 0.3) is 0 Å². The lowest BCUT2D eigenvalue weighted by atomic mass is 9.94. The average Bonchev–Trinajstić information content (AvgIpc) is 2.36. The lowest BCUT2D eigenvalue weighted by Gasteiger charge is -2.23. The predicted octanol–water partition coefficient (Wildman–Crippen LogP) is 1.86. The summed E-state index contributed by atoms with van der Waals surface area (Å²) in [7, 11) is 2.89. The van der Waals surface area contributed by atoms with Gasteiger partial charge in [-0.15, -0.1) is 0 Å². The van der Waals surface area contributed by atoms with Gasteiger partial charge >= 0.3 is 0 Å². The van der Waals surface area contributed by atoms with Crippen molar-refractivity contribution in [2.24, 2.45) is 11.7 Å². The molecule has 5 heteroatoms. The third-order valence-corrected chi connectivity index (χ3v) is 2.91. The van der Waals surface area contributed by atoms with Crippen LogP contribution in [0.2, 0.25) is 0 Å². The minimum Gasteiger partial charge on any atom is -0.493 e. The van der Waals surface area contributed by atoms with E-state index in [0.29, 0.717) is 11.5 Å². The van der Waals surface area contributed by atoms with Crippen molar-refractivity contribution in [2.45, 2.75) is 26.0 Å². The van der Waals surface area contributed by atoms with Gasteiger partial charge in [-0.2, -0.15) is 0 Å². The zero-order valence-electron chi connectivity index (χ0n) is 11.1. The Balaban J connectivity index is 3.16. The molecule has 0 spiro atoms. The van der Waals surface area contributed by atoms with Crippen LogP contribution in [0.5, 0.6) is 11.5 Å². The smallest absolute Gasteiger partial charge is 0.163 e. The topological polar surface area (TPSA) is 64.7 Å². The third kappa shape index (κ3) is 2.91. The molecule has 2 atom stereocenters. The minimum absolute atomic E-state index is 0.0625. The highest BCUT2D eigenvalue weighted by molar-refractivity contribution is 5.44. The number of rotatable bonds is 5. The highest BCUT2D eigenvalue weighted by atomic mass is 19.1. The molecule has 0 saturated carbocycles. The van der Waals surface area contributed by atoms with Crippen molar-refractivity contribution in [3.63, 3.8) is 0 Å². The summed E-state index contributed by atoms with van der Waals surface area (Å²) in [6.07, 6.45) is -0.822. The van der Waals surface area contributed by atoms with Gasteiger partial charge in [0, 0.05) is 11.6 Å². The fourth-order valence-electron chi connectivity index (χ4n) is 1.72. The van der Waals surface area contributed by atoms with E-state index in [1.807, 2.05) is 13.8 Å². The highest BCUT2D eigenvalue weighted by Gasteiger charge is 2.24. The monoisotopic (exact) mass is 257 g/mol. The molecule has 0 saturated heterocycles. The summed E-state index contributed by atoms with van der Waals surface area (Å²) in [6, 6.07) is 1.87. The summed E-state index contributed by atoms with van der Waals surface area (Å²) < 4.78 is 24.0. The second kappa shape index (κ2) is 6.02. The van der Waals surface area contributed by atoms with Gasteiger partial charge in [-0.1, -0.05) is 13.8 Å². The van der Waals surface area contributed by atoms with Crippen molar-refractivity contribution >= 4 is 0 Å². The van der Waals surface area contributed by atoms with Crippen molar-refractivity contribution in [2.75, 3.05) is 14.2 Å². The van der Waals surface area contributed by atoms with Crippen molar-refractivity contribution in [1.82, 2.24) is 0 Å². The zero-order valence-corrected chi connectivity index (χ0v) is 11.1. The van der Waals surface area contributed by atoms with Crippen LogP contribution >= 0.6 is 0 Å². The number of ether oxygens (including phenoxy) is 2. The molecule has 0 heterocycles. The van der Waals surface area contributed by atoms with Crippen LogP contribution in [0.4, 0.5) is 4.39 Å². The van der Waals surface area contributed by atoms with E-state index >= 15 is 0 Å². The number of hydrogen-bond donors (Lipinski definition) is 2. The minimum atomic E-state index is -0.822. The van der Waals surface area contributed by atoms with Crippen LogP contribution in [0, 0.1) is 11.7 Å². The molecule has 0 radical (unpaired) electrons. The first kappa shape index (κ1) is 14.7. The Morgan fingerprint density at radius 3 is 2.11 bits per heavy atom.